The van der Waals surface area contributed by atoms with E-state index in [9.17, 15) is 14.7 Å². The Balaban J connectivity index is 2.18. The third-order valence-corrected chi connectivity index (χ3v) is 3.60. The van der Waals surface area contributed by atoms with Gasteiger partial charge in [-0.3, -0.25) is 4.79 Å². The molecule has 0 saturated heterocycles. The molecule has 4 N–H and O–H groups in total. The summed E-state index contributed by atoms with van der Waals surface area (Å²) in [5.74, 6) is -0.816. The van der Waals surface area contributed by atoms with Crippen molar-refractivity contribution in [1.82, 2.24) is 0 Å². The zero-order valence-corrected chi connectivity index (χ0v) is 13.2. The maximum atomic E-state index is 12.5. The number of nitrogens with two attached hydrogens (primary N) is 1. The van der Waals surface area contributed by atoms with E-state index in [0.29, 0.717) is 28.9 Å². The Hall–Kier alpha value is -2.86. The molecule has 24 heavy (non-hydrogen) atoms. The molecule has 0 saturated carbocycles. The maximum Gasteiger partial charge on any atom is 0.344 e. The van der Waals surface area contributed by atoms with Gasteiger partial charge in [0.15, 0.2) is 11.9 Å². The fourth-order valence-electron chi connectivity index (χ4n) is 2.21. The van der Waals surface area contributed by atoms with E-state index in [0.717, 1.165) is 0 Å². The molecule has 6 nitrogen and oxygen atoms in total. The summed E-state index contributed by atoms with van der Waals surface area (Å²) in [6, 6.07) is 10.8. The van der Waals surface area contributed by atoms with Crippen LogP contribution < -0.4 is 10.5 Å². The third kappa shape index (κ3) is 3.91. The minimum Gasteiger partial charge on any atom is -0.508 e. The molecule has 0 fully saturated rings. The number of hydrogen-bond acceptors (Lipinski definition) is 5. The lowest BCUT2D eigenvalue weighted by molar-refractivity contribution is -0.145. The molecule has 0 heterocycles. The van der Waals surface area contributed by atoms with Crippen LogP contribution in [0.5, 0.6) is 11.5 Å². The van der Waals surface area contributed by atoms with E-state index in [-0.39, 0.29) is 18.1 Å². The number of phenols is 1. The minimum atomic E-state index is -1.03. The number of aromatic hydroxyl groups is 1. The second-order valence-electron chi connectivity index (χ2n) is 5.25. The van der Waals surface area contributed by atoms with E-state index in [1.165, 1.54) is 12.1 Å². The van der Waals surface area contributed by atoms with Crippen molar-refractivity contribution in [3.05, 3.63) is 59.2 Å². The van der Waals surface area contributed by atoms with E-state index in [1.54, 1.807) is 37.3 Å². The molecule has 0 aromatic heterocycles. The Morgan fingerprint density at radius 3 is 2.29 bits per heavy atom. The summed E-state index contributed by atoms with van der Waals surface area (Å²) < 4.78 is 5.36. The lowest BCUT2D eigenvalue weighted by Crippen LogP contribution is -2.25. The number of carboxylic acids is 1. The number of aliphatic carboxylic acids is 1. The molecule has 6 heteroatoms. The summed E-state index contributed by atoms with van der Waals surface area (Å²) in [7, 11) is 0. The summed E-state index contributed by atoms with van der Waals surface area (Å²) in [6.45, 7) is 1.85. The lowest BCUT2D eigenvalue weighted by atomic mass is 10.0. The van der Waals surface area contributed by atoms with Gasteiger partial charge in [-0.25, -0.2) is 4.79 Å². The van der Waals surface area contributed by atoms with Gasteiger partial charge in [0.2, 0.25) is 0 Å². The van der Waals surface area contributed by atoms with Crippen molar-refractivity contribution >= 4 is 11.8 Å². The largest absolute Gasteiger partial charge is 0.508 e. The predicted molar refractivity (Wildman–Crippen MR) is 88.2 cm³/mol. The number of carboxylic acid groups (broad SMARTS) is 1. The SMILES string of the molecule is CCC(Oc1ccc(C(=O)c2ccc(O)c(CN)c2)cc1)C(=O)O. The van der Waals surface area contributed by atoms with Crippen LogP contribution in [-0.4, -0.2) is 28.1 Å². The number of ether oxygens (including phenoxy) is 1. The highest BCUT2D eigenvalue weighted by Gasteiger charge is 2.17. The van der Waals surface area contributed by atoms with Crippen LogP contribution in [0.3, 0.4) is 0 Å². The van der Waals surface area contributed by atoms with Gasteiger partial charge in [-0.05, 0) is 48.9 Å². The molecule has 0 aliphatic rings. The molecule has 2 aromatic rings. The molecule has 0 amide bonds. The molecule has 2 aromatic carbocycles. The summed E-state index contributed by atoms with van der Waals surface area (Å²) in [6.07, 6.45) is -0.582. The highest BCUT2D eigenvalue weighted by Crippen LogP contribution is 2.21. The first-order chi connectivity index (χ1) is 11.5. The average molecular weight is 329 g/mol. The molecular weight excluding hydrogens is 310 g/mol. The highest BCUT2D eigenvalue weighted by molar-refractivity contribution is 6.09. The Morgan fingerprint density at radius 2 is 1.75 bits per heavy atom. The van der Waals surface area contributed by atoms with Crippen molar-refractivity contribution in [2.45, 2.75) is 26.0 Å². The second-order valence-corrected chi connectivity index (χ2v) is 5.25. The highest BCUT2D eigenvalue weighted by atomic mass is 16.5. The topological polar surface area (TPSA) is 110 Å². The van der Waals surface area contributed by atoms with Crippen molar-refractivity contribution in [2.24, 2.45) is 5.73 Å². The number of ketones is 1. The molecule has 0 bridgehead atoms. The van der Waals surface area contributed by atoms with Crippen LogP contribution in [0.25, 0.3) is 0 Å². The van der Waals surface area contributed by atoms with Crippen molar-refractivity contribution < 1.29 is 24.5 Å². The van der Waals surface area contributed by atoms with Gasteiger partial charge < -0.3 is 20.7 Å². The number of rotatable bonds is 7. The zero-order chi connectivity index (χ0) is 17.7. The summed E-state index contributed by atoms with van der Waals surface area (Å²) in [4.78, 5) is 23.4. The third-order valence-electron chi connectivity index (χ3n) is 3.60. The number of hydrogen-bond donors (Lipinski definition) is 3. The first kappa shape index (κ1) is 17.5. The Labute approximate surface area is 139 Å². The summed E-state index contributed by atoms with van der Waals surface area (Å²) >= 11 is 0. The van der Waals surface area contributed by atoms with Crippen LogP contribution in [0.1, 0.15) is 34.8 Å². The summed E-state index contributed by atoms with van der Waals surface area (Å²) in [5, 5.41) is 18.6. The normalized spacial score (nSPS) is 11.8. The first-order valence-electron chi connectivity index (χ1n) is 7.52. The quantitative estimate of drug-likeness (QED) is 0.673. The molecule has 0 aliphatic heterocycles. The van der Waals surface area contributed by atoms with E-state index in [2.05, 4.69) is 0 Å². The van der Waals surface area contributed by atoms with Gasteiger partial charge in [0, 0.05) is 23.2 Å². The van der Waals surface area contributed by atoms with Crippen molar-refractivity contribution in [3.63, 3.8) is 0 Å². The minimum absolute atomic E-state index is 0.0528. The number of phenolic OH excluding ortho intramolecular Hbond substituents is 1. The Morgan fingerprint density at radius 1 is 1.12 bits per heavy atom. The molecule has 0 spiro atoms. The second kappa shape index (κ2) is 7.61. The van der Waals surface area contributed by atoms with Gasteiger partial charge in [-0.1, -0.05) is 6.92 Å². The smallest absolute Gasteiger partial charge is 0.344 e. The van der Waals surface area contributed by atoms with Crippen LogP contribution in [0, 0.1) is 0 Å². The molecule has 1 unspecified atom stereocenters. The van der Waals surface area contributed by atoms with E-state index in [4.69, 9.17) is 15.6 Å². The molecule has 126 valence electrons. The Kier molecular flexibility index (Phi) is 5.55. The molecule has 1 atom stereocenters. The Bertz CT molecular complexity index is 740. The van der Waals surface area contributed by atoms with Crippen LogP contribution in [0.4, 0.5) is 0 Å². The van der Waals surface area contributed by atoms with Crippen LogP contribution in [-0.2, 0) is 11.3 Å². The molecule has 2 rings (SSSR count). The van der Waals surface area contributed by atoms with Gasteiger partial charge in [0.25, 0.3) is 0 Å². The van der Waals surface area contributed by atoms with E-state index in [1.807, 2.05) is 0 Å². The number of carbonyl (C=O) groups is 2. The van der Waals surface area contributed by atoms with E-state index < -0.39 is 12.1 Å². The average Bonchev–Trinajstić information content (AvgIpc) is 2.59. The predicted octanol–water partition coefficient (Wildman–Crippen LogP) is 2.32. The van der Waals surface area contributed by atoms with Crippen molar-refractivity contribution in [2.75, 3.05) is 0 Å². The lowest BCUT2D eigenvalue weighted by Gasteiger charge is -2.13. The maximum absolute atomic E-state index is 12.5. The van der Waals surface area contributed by atoms with Gasteiger partial charge in [0.1, 0.15) is 11.5 Å². The fourth-order valence-corrected chi connectivity index (χ4v) is 2.21. The zero-order valence-electron chi connectivity index (χ0n) is 13.2. The first-order valence-corrected chi connectivity index (χ1v) is 7.52. The molecule has 0 radical (unpaired) electrons. The molecule has 0 aliphatic carbocycles. The monoisotopic (exact) mass is 329 g/mol. The summed E-state index contributed by atoms with van der Waals surface area (Å²) in [5.41, 5.74) is 6.87. The van der Waals surface area contributed by atoms with Gasteiger partial charge in [0.05, 0.1) is 0 Å². The fraction of sp³-hybridized carbons (Fsp3) is 0.222. The van der Waals surface area contributed by atoms with Crippen LogP contribution in [0.2, 0.25) is 0 Å². The van der Waals surface area contributed by atoms with Gasteiger partial charge in [-0.15, -0.1) is 0 Å². The van der Waals surface area contributed by atoms with Crippen molar-refractivity contribution in [3.8, 4) is 11.5 Å². The van der Waals surface area contributed by atoms with Crippen molar-refractivity contribution in [1.29, 1.82) is 0 Å². The van der Waals surface area contributed by atoms with Crippen LogP contribution in [0.15, 0.2) is 42.5 Å². The standard InChI is InChI=1S/C18H19NO5/c1-2-16(18(22)23)24-14-6-3-11(4-7-14)17(21)12-5-8-15(20)13(9-12)10-19/h3-9,16,20H,2,10,19H2,1H3,(H,22,23). The number of benzene rings is 2. The number of carbonyl (C=O) groups excluding carboxylic acids is 1. The van der Waals surface area contributed by atoms with Gasteiger partial charge in [-0.2, -0.15) is 0 Å². The van der Waals surface area contributed by atoms with Crippen LogP contribution >= 0.6 is 0 Å². The van der Waals surface area contributed by atoms with Gasteiger partial charge >= 0.3 is 5.97 Å². The van der Waals surface area contributed by atoms with E-state index >= 15 is 0 Å². The molecular formula is C18H19NO5.